The summed E-state index contributed by atoms with van der Waals surface area (Å²) in [5.41, 5.74) is 0. The lowest BCUT2D eigenvalue weighted by Crippen LogP contribution is -2.12. The molecule has 0 aromatic carbocycles. The van der Waals surface area contributed by atoms with Gasteiger partial charge in [0.05, 0.1) is 0 Å². The van der Waals surface area contributed by atoms with Crippen LogP contribution in [0.1, 0.15) is 58.3 Å². The zero-order chi connectivity index (χ0) is 9.52. The molecule has 0 radical (unpaired) electrons. The fourth-order valence-electron chi connectivity index (χ4n) is 2.36. The first-order valence-electron chi connectivity index (χ1n) is 5.92. The van der Waals surface area contributed by atoms with E-state index < -0.39 is 0 Å². The van der Waals surface area contributed by atoms with Crippen molar-refractivity contribution in [2.24, 2.45) is 5.92 Å². The summed E-state index contributed by atoms with van der Waals surface area (Å²) in [6, 6.07) is 0. The first-order valence-corrected chi connectivity index (χ1v) is 10.6. The molecule has 2 heteroatoms. The molecule has 0 aliphatic heterocycles. The molecule has 0 spiro atoms. The van der Waals surface area contributed by atoms with Crippen molar-refractivity contribution in [1.82, 2.24) is 0 Å². The number of halogens is 1. The van der Waals surface area contributed by atoms with Crippen molar-refractivity contribution in [3.05, 3.63) is 0 Å². The topological polar surface area (TPSA) is 0 Å². The Bertz CT molecular complexity index is 117. The van der Waals surface area contributed by atoms with Crippen LogP contribution < -0.4 is 0 Å². The summed E-state index contributed by atoms with van der Waals surface area (Å²) < 4.78 is 1.13. The number of unbranched alkanes of at least 4 members (excludes halogenated alkanes) is 2. The smallest absolute Gasteiger partial charge is 0.306 e. The molecule has 0 saturated heterocycles. The molecule has 0 atom stereocenters. The van der Waals surface area contributed by atoms with Crippen LogP contribution in [-0.4, -0.2) is 18.2 Å². The normalized spacial score (nSPS) is 28.5. The van der Waals surface area contributed by atoms with E-state index in [0.29, 0.717) is 0 Å². The molecule has 1 rings (SSSR count). The summed E-state index contributed by atoms with van der Waals surface area (Å²) in [6.07, 6.45) is 12.0. The molecule has 1 aliphatic rings. The molecule has 0 amide bonds. The van der Waals surface area contributed by atoms with E-state index in [1.54, 1.807) is 0 Å². The Morgan fingerprint density at radius 2 is 1.85 bits per heavy atom. The van der Waals surface area contributed by atoms with E-state index >= 15 is 0 Å². The van der Waals surface area contributed by atoms with E-state index in [1.165, 1.54) is 51.4 Å². The molecular weight excluding hydrogens is 236 g/mol. The van der Waals surface area contributed by atoms with Crippen molar-refractivity contribution < 1.29 is 0 Å². The Morgan fingerprint density at radius 1 is 1.15 bits per heavy atom. The van der Waals surface area contributed by atoms with Gasteiger partial charge >= 0.3 is 18.2 Å². The summed E-state index contributed by atoms with van der Waals surface area (Å²) in [5, 5.41) is 0. The van der Waals surface area contributed by atoms with E-state index in [-0.39, 0.29) is 18.2 Å². The fourth-order valence-corrected chi connectivity index (χ4v) is 5.08. The minimum atomic E-state index is 0.135. The van der Waals surface area contributed by atoms with Gasteiger partial charge in [0.15, 0.2) is 0 Å². The van der Waals surface area contributed by atoms with Gasteiger partial charge in [0.25, 0.3) is 0 Å². The van der Waals surface area contributed by atoms with Crippen LogP contribution in [0, 0.1) is 5.92 Å². The molecule has 0 aromatic heterocycles. The van der Waals surface area contributed by atoms with Gasteiger partial charge in [0.2, 0.25) is 0 Å². The van der Waals surface area contributed by atoms with Crippen LogP contribution in [0.5, 0.6) is 0 Å². The van der Waals surface area contributed by atoms with Crippen molar-refractivity contribution >= 4 is 31.1 Å². The minimum absolute atomic E-state index is 0.135. The quantitative estimate of drug-likeness (QED) is 0.500. The fraction of sp³-hybridized carbons (Fsp3) is 1.00. The average Bonchev–Trinajstić information content (AvgIpc) is 2.19. The van der Waals surface area contributed by atoms with E-state index in [2.05, 4.69) is 19.8 Å². The molecule has 1 saturated carbocycles. The van der Waals surface area contributed by atoms with Crippen LogP contribution in [0.3, 0.4) is 0 Å². The summed E-state index contributed by atoms with van der Waals surface area (Å²) >= 11 is 3.87. The van der Waals surface area contributed by atoms with E-state index in [9.17, 15) is 0 Å². The van der Waals surface area contributed by atoms with Gasteiger partial charge in [0.1, 0.15) is 0 Å². The van der Waals surface area contributed by atoms with Gasteiger partial charge in [-0.25, -0.2) is 0 Å². The molecular formula is C11H21BrMg. The molecule has 0 heterocycles. The Balaban J connectivity index is 2.03. The van der Waals surface area contributed by atoms with Crippen LogP contribution in [-0.2, 0) is 0 Å². The average molecular weight is 257 g/mol. The van der Waals surface area contributed by atoms with E-state index in [4.69, 9.17) is 0 Å². The maximum absolute atomic E-state index is 3.73. The lowest BCUT2D eigenvalue weighted by atomic mass is 9.85. The number of hydrogen-bond acceptors (Lipinski definition) is 0. The van der Waals surface area contributed by atoms with Crippen molar-refractivity contribution in [2.45, 2.75) is 62.3 Å². The Morgan fingerprint density at radius 3 is 2.38 bits per heavy atom. The first kappa shape index (κ1) is 12.3. The molecule has 0 aromatic rings. The Kier molecular flexibility index (Phi) is 7.13. The zero-order valence-electron chi connectivity index (χ0n) is 8.90. The Labute approximate surface area is 98.8 Å². The van der Waals surface area contributed by atoms with Crippen molar-refractivity contribution in [1.29, 1.82) is 0 Å². The highest BCUT2D eigenvalue weighted by molar-refractivity contribution is 9.23. The first-order chi connectivity index (χ1) is 6.36. The number of rotatable bonds is 5. The van der Waals surface area contributed by atoms with Gasteiger partial charge < -0.3 is 12.9 Å². The molecule has 1 fully saturated rings. The van der Waals surface area contributed by atoms with Crippen LogP contribution in [0.15, 0.2) is 0 Å². The second kappa shape index (κ2) is 7.53. The predicted molar refractivity (Wildman–Crippen MR) is 64.5 cm³/mol. The minimum Gasteiger partial charge on any atom is -0.306 e. The SMILES string of the molecule is CCCCCC1CC[CH]([Mg][Br])CC1. The molecule has 74 valence electrons. The molecule has 1 aliphatic carbocycles. The highest BCUT2D eigenvalue weighted by Crippen LogP contribution is 2.35. The molecule has 0 bridgehead atoms. The largest absolute Gasteiger partial charge is 0.471 e. The number of hydrogen-bond donors (Lipinski definition) is 0. The van der Waals surface area contributed by atoms with Gasteiger partial charge in [-0.3, -0.25) is 0 Å². The highest BCUT2D eigenvalue weighted by atomic mass is 79.9. The predicted octanol–water partition coefficient (Wildman–Crippen LogP) is 4.56. The van der Waals surface area contributed by atoms with Crippen molar-refractivity contribution in [2.75, 3.05) is 0 Å². The third-order valence-electron chi connectivity index (χ3n) is 3.40. The van der Waals surface area contributed by atoms with Gasteiger partial charge in [-0.2, -0.15) is 0 Å². The lowest BCUT2D eigenvalue weighted by molar-refractivity contribution is 0.329. The van der Waals surface area contributed by atoms with Crippen LogP contribution in [0.4, 0.5) is 0 Å². The molecule has 0 nitrogen and oxygen atoms in total. The summed E-state index contributed by atoms with van der Waals surface area (Å²) in [7, 11) is 0. The van der Waals surface area contributed by atoms with Crippen LogP contribution in [0.25, 0.3) is 0 Å². The second-order valence-corrected chi connectivity index (χ2v) is 7.94. The van der Waals surface area contributed by atoms with Crippen molar-refractivity contribution in [3.63, 3.8) is 0 Å². The third kappa shape index (κ3) is 5.03. The Hall–Kier alpha value is 1.25. The monoisotopic (exact) mass is 256 g/mol. The zero-order valence-corrected chi connectivity index (χ0v) is 11.9. The molecule has 0 N–H and O–H groups in total. The second-order valence-electron chi connectivity index (χ2n) is 4.54. The standard InChI is InChI=1S/C11H21.BrH.Mg/c1-2-3-5-8-11-9-6-4-7-10-11;;/h4,11H,2-3,5-10H2,1H3;1H;/q;;+1/p-1. The van der Waals surface area contributed by atoms with Crippen LogP contribution >= 0.6 is 12.9 Å². The summed E-state index contributed by atoms with van der Waals surface area (Å²) in [4.78, 5) is 0. The van der Waals surface area contributed by atoms with Gasteiger partial charge in [-0.15, -0.1) is 4.05 Å². The summed E-state index contributed by atoms with van der Waals surface area (Å²) in [5.74, 6) is 1.09. The lowest BCUT2D eigenvalue weighted by Gasteiger charge is -2.27. The van der Waals surface area contributed by atoms with E-state index in [0.717, 1.165) is 9.97 Å². The van der Waals surface area contributed by atoms with E-state index in [1.807, 2.05) is 0 Å². The maximum Gasteiger partial charge on any atom is 0.471 e. The van der Waals surface area contributed by atoms with Gasteiger partial charge in [-0.05, 0) is 5.92 Å². The molecule has 13 heavy (non-hydrogen) atoms. The van der Waals surface area contributed by atoms with Gasteiger partial charge in [-0.1, -0.05) is 58.3 Å². The third-order valence-corrected chi connectivity index (χ3v) is 7.40. The van der Waals surface area contributed by atoms with Gasteiger partial charge in [0, 0.05) is 0 Å². The highest BCUT2D eigenvalue weighted by Gasteiger charge is 2.20. The summed E-state index contributed by atoms with van der Waals surface area (Å²) in [6.45, 7) is 2.30. The maximum atomic E-state index is 3.73. The van der Waals surface area contributed by atoms with Crippen molar-refractivity contribution in [3.8, 4) is 0 Å². The van der Waals surface area contributed by atoms with Crippen LogP contribution in [0.2, 0.25) is 4.05 Å². The molecule has 0 unspecified atom stereocenters.